The average molecular weight is 497 g/mol. The molecule has 5 rings (SSSR count). The van der Waals surface area contributed by atoms with Crippen LogP contribution in [0.4, 0.5) is 5.69 Å². The number of piperidine rings is 1. The lowest BCUT2D eigenvalue weighted by Gasteiger charge is -2.34. The third-order valence-corrected chi connectivity index (χ3v) is 8.01. The van der Waals surface area contributed by atoms with E-state index in [9.17, 15) is 4.79 Å². The van der Waals surface area contributed by atoms with Gasteiger partial charge in [0.25, 0.3) is 0 Å². The number of fused-ring (bicyclic) bond motifs is 1. The Balaban J connectivity index is 1.38. The molecule has 0 radical (unpaired) electrons. The van der Waals surface area contributed by atoms with E-state index in [-0.39, 0.29) is 11.8 Å². The molecule has 0 saturated carbocycles. The van der Waals surface area contributed by atoms with Crippen LogP contribution in [0.1, 0.15) is 67.2 Å². The highest BCUT2D eigenvalue weighted by molar-refractivity contribution is 5.98. The Morgan fingerprint density at radius 3 is 2.43 bits per heavy atom. The fourth-order valence-electron chi connectivity index (χ4n) is 5.83. The second kappa shape index (κ2) is 12.4. The number of carbonyl (C=O) groups excluding carboxylic acids is 1. The van der Waals surface area contributed by atoms with E-state index in [0.29, 0.717) is 6.61 Å². The number of aryl methyl sites for hydroxylation is 1. The van der Waals surface area contributed by atoms with Gasteiger partial charge in [-0.25, -0.2) is 0 Å². The highest BCUT2D eigenvalue weighted by Gasteiger charge is 2.32. The van der Waals surface area contributed by atoms with Crippen molar-refractivity contribution in [2.75, 3.05) is 31.1 Å². The fourth-order valence-corrected chi connectivity index (χ4v) is 5.83. The van der Waals surface area contributed by atoms with E-state index >= 15 is 0 Å². The Bertz CT molecular complexity index is 1150. The molecule has 0 aromatic heterocycles. The van der Waals surface area contributed by atoms with Gasteiger partial charge in [-0.15, -0.1) is 0 Å². The summed E-state index contributed by atoms with van der Waals surface area (Å²) >= 11 is 0. The van der Waals surface area contributed by atoms with Crippen LogP contribution in [0.5, 0.6) is 5.75 Å². The predicted molar refractivity (Wildman–Crippen MR) is 151 cm³/mol. The zero-order valence-corrected chi connectivity index (χ0v) is 22.2. The molecule has 0 spiro atoms. The lowest BCUT2D eigenvalue weighted by Crippen LogP contribution is -2.43. The molecule has 0 bridgehead atoms. The molecule has 1 aliphatic carbocycles. The van der Waals surface area contributed by atoms with Crippen LogP contribution < -0.4 is 9.64 Å². The van der Waals surface area contributed by atoms with Crippen LogP contribution in [0.25, 0.3) is 0 Å². The minimum Gasteiger partial charge on any atom is -0.489 e. The smallest absolute Gasteiger partial charge is 0.234 e. The summed E-state index contributed by atoms with van der Waals surface area (Å²) < 4.78 is 6.28. The molecule has 1 unspecified atom stereocenters. The van der Waals surface area contributed by atoms with Crippen molar-refractivity contribution in [3.8, 4) is 5.75 Å². The van der Waals surface area contributed by atoms with Gasteiger partial charge in [0.15, 0.2) is 0 Å². The molecular formula is C33H40N2O2. The van der Waals surface area contributed by atoms with Crippen LogP contribution in [0.3, 0.4) is 0 Å². The number of likely N-dealkylation sites (tertiary alicyclic amines) is 1. The lowest BCUT2D eigenvalue weighted by molar-refractivity contribution is -0.120. The SMILES string of the molecule is CCc1ccc(N(CCN2CCCCC2)C(=O)C2CCCc3c(OCc4ccccc4)cccc32)cc1. The van der Waals surface area contributed by atoms with Gasteiger partial charge >= 0.3 is 0 Å². The summed E-state index contributed by atoms with van der Waals surface area (Å²) in [4.78, 5) is 18.8. The Hall–Kier alpha value is -3.11. The summed E-state index contributed by atoms with van der Waals surface area (Å²) in [6, 6.07) is 25.2. The van der Waals surface area contributed by atoms with Gasteiger partial charge < -0.3 is 14.5 Å². The third kappa shape index (κ3) is 6.24. The maximum atomic E-state index is 14.2. The topological polar surface area (TPSA) is 32.8 Å². The maximum absolute atomic E-state index is 14.2. The summed E-state index contributed by atoms with van der Waals surface area (Å²) in [7, 11) is 0. The molecule has 37 heavy (non-hydrogen) atoms. The van der Waals surface area contributed by atoms with Gasteiger partial charge in [0, 0.05) is 18.8 Å². The first-order valence-electron chi connectivity index (χ1n) is 14.1. The van der Waals surface area contributed by atoms with Crippen LogP contribution in [-0.2, 0) is 24.2 Å². The van der Waals surface area contributed by atoms with Crippen molar-refractivity contribution in [2.24, 2.45) is 0 Å². The Morgan fingerprint density at radius 2 is 1.68 bits per heavy atom. The number of ether oxygens (including phenoxy) is 1. The van der Waals surface area contributed by atoms with E-state index in [0.717, 1.165) is 74.4 Å². The normalized spacial score (nSPS) is 17.7. The van der Waals surface area contributed by atoms with Crippen molar-refractivity contribution in [3.05, 3.63) is 95.1 Å². The molecule has 194 valence electrons. The van der Waals surface area contributed by atoms with Crippen molar-refractivity contribution in [1.29, 1.82) is 0 Å². The average Bonchev–Trinajstić information content (AvgIpc) is 2.97. The van der Waals surface area contributed by atoms with Gasteiger partial charge in [-0.05, 0) is 92.1 Å². The van der Waals surface area contributed by atoms with E-state index in [1.807, 2.05) is 18.2 Å². The van der Waals surface area contributed by atoms with Gasteiger partial charge in [0.05, 0.1) is 5.92 Å². The minimum absolute atomic E-state index is 0.128. The van der Waals surface area contributed by atoms with Crippen LogP contribution in [0.2, 0.25) is 0 Å². The largest absolute Gasteiger partial charge is 0.489 e. The van der Waals surface area contributed by atoms with Crippen LogP contribution in [0, 0.1) is 0 Å². The summed E-state index contributed by atoms with van der Waals surface area (Å²) in [5, 5.41) is 0. The van der Waals surface area contributed by atoms with E-state index in [1.54, 1.807) is 0 Å². The second-order valence-corrected chi connectivity index (χ2v) is 10.5. The number of nitrogens with zero attached hydrogens (tertiary/aromatic N) is 2. The first kappa shape index (κ1) is 25.5. The number of benzene rings is 3. The number of amides is 1. The summed E-state index contributed by atoms with van der Waals surface area (Å²) in [6.07, 6.45) is 7.71. The molecule has 0 N–H and O–H groups in total. The lowest BCUT2D eigenvalue weighted by atomic mass is 9.81. The molecule has 1 aliphatic heterocycles. The van der Waals surface area contributed by atoms with Crippen LogP contribution >= 0.6 is 0 Å². The van der Waals surface area contributed by atoms with Gasteiger partial charge in [-0.1, -0.05) is 67.9 Å². The molecule has 3 aromatic rings. The number of hydrogen-bond acceptors (Lipinski definition) is 3. The summed E-state index contributed by atoms with van der Waals surface area (Å²) in [6.45, 7) is 6.67. The predicted octanol–water partition coefficient (Wildman–Crippen LogP) is 6.77. The minimum atomic E-state index is -0.128. The van der Waals surface area contributed by atoms with Crippen molar-refractivity contribution in [2.45, 2.75) is 64.4 Å². The van der Waals surface area contributed by atoms with Gasteiger partial charge in [0.2, 0.25) is 5.91 Å². The molecule has 4 heteroatoms. The molecule has 3 aromatic carbocycles. The molecule has 1 fully saturated rings. The molecule has 4 nitrogen and oxygen atoms in total. The molecule has 2 aliphatic rings. The molecule has 1 amide bonds. The third-order valence-electron chi connectivity index (χ3n) is 8.01. The van der Waals surface area contributed by atoms with E-state index in [2.05, 4.69) is 71.3 Å². The molecule has 1 saturated heterocycles. The maximum Gasteiger partial charge on any atom is 0.234 e. The molecule has 1 heterocycles. The fraction of sp³-hybridized carbons (Fsp3) is 0.424. The first-order valence-corrected chi connectivity index (χ1v) is 14.1. The standard InChI is InChI=1S/C33H40N2O2/c1-2-26-17-19-28(20-18-26)35(24-23-34-21-7-4-8-22-34)33(36)31-15-9-14-30-29(31)13-10-16-32(30)37-25-27-11-5-3-6-12-27/h3,5-6,10-13,16-20,31H,2,4,7-9,14-15,21-25H2,1H3. The number of hydrogen-bond donors (Lipinski definition) is 0. The first-order chi connectivity index (χ1) is 18.2. The van der Waals surface area contributed by atoms with E-state index < -0.39 is 0 Å². The summed E-state index contributed by atoms with van der Waals surface area (Å²) in [5.74, 6) is 1.02. The van der Waals surface area contributed by atoms with Crippen molar-refractivity contribution in [3.63, 3.8) is 0 Å². The van der Waals surface area contributed by atoms with Crippen molar-refractivity contribution in [1.82, 2.24) is 4.90 Å². The highest BCUT2D eigenvalue weighted by Crippen LogP contribution is 2.38. The quantitative estimate of drug-likeness (QED) is 0.328. The number of carbonyl (C=O) groups is 1. The zero-order valence-electron chi connectivity index (χ0n) is 22.2. The van der Waals surface area contributed by atoms with E-state index in [1.165, 1.54) is 30.4 Å². The molecule has 1 atom stereocenters. The van der Waals surface area contributed by atoms with Gasteiger partial charge in [-0.3, -0.25) is 4.79 Å². The van der Waals surface area contributed by atoms with Gasteiger partial charge in [0.1, 0.15) is 12.4 Å². The second-order valence-electron chi connectivity index (χ2n) is 10.5. The summed E-state index contributed by atoms with van der Waals surface area (Å²) in [5.41, 5.74) is 5.83. The van der Waals surface area contributed by atoms with Gasteiger partial charge in [-0.2, -0.15) is 0 Å². The van der Waals surface area contributed by atoms with Crippen molar-refractivity contribution < 1.29 is 9.53 Å². The molecular weight excluding hydrogens is 456 g/mol. The Morgan fingerprint density at radius 1 is 0.892 bits per heavy atom. The van der Waals surface area contributed by atoms with E-state index in [4.69, 9.17) is 4.74 Å². The Labute approximate surface area is 222 Å². The Kier molecular flexibility index (Phi) is 8.57. The highest BCUT2D eigenvalue weighted by atomic mass is 16.5. The monoisotopic (exact) mass is 496 g/mol. The zero-order chi connectivity index (χ0) is 25.5. The van der Waals surface area contributed by atoms with Crippen molar-refractivity contribution >= 4 is 11.6 Å². The number of rotatable bonds is 9. The van der Waals surface area contributed by atoms with Crippen LogP contribution in [-0.4, -0.2) is 37.0 Å². The number of anilines is 1. The van der Waals surface area contributed by atoms with Crippen LogP contribution in [0.15, 0.2) is 72.8 Å².